The lowest BCUT2D eigenvalue weighted by molar-refractivity contribution is -0.139. The number of fused-ring (bicyclic) bond motifs is 1. The van der Waals surface area contributed by atoms with Gasteiger partial charge in [-0.3, -0.25) is 4.79 Å². The number of piperidine rings is 1. The minimum absolute atomic E-state index is 0. The molecule has 1 saturated heterocycles. The normalized spacial score (nSPS) is 23.1. The summed E-state index contributed by atoms with van der Waals surface area (Å²) in [4.78, 5) is 15.7. The summed E-state index contributed by atoms with van der Waals surface area (Å²) in [7, 11) is 0. The van der Waals surface area contributed by atoms with Gasteiger partial charge in [0.05, 0.1) is 0 Å². The molecular formula is C23H31ClN2O. The molecule has 1 heterocycles. The number of rotatable bonds is 4. The summed E-state index contributed by atoms with van der Waals surface area (Å²) in [5, 5.41) is 6.02. The van der Waals surface area contributed by atoms with Gasteiger partial charge in [-0.2, -0.15) is 0 Å². The lowest BCUT2D eigenvalue weighted by atomic mass is 9.91. The minimum Gasteiger partial charge on any atom is -0.335 e. The van der Waals surface area contributed by atoms with Crippen LogP contribution in [0.15, 0.2) is 42.5 Å². The molecule has 1 aliphatic heterocycles. The Balaban J connectivity index is 0.00000210. The van der Waals surface area contributed by atoms with Crippen LogP contribution in [-0.2, 0) is 11.3 Å². The van der Waals surface area contributed by atoms with Crippen LogP contribution < -0.4 is 5.32 Å². The van der Waals surface area contributed by atoms with Crippen molar-refractivity contribution in [3.63, 3.8) is 0 Å². The molecule has 1 N–H and O–H groups in total. The van der Waals surface area contributed by atoms with Gasteiger partial charge in [-0.05, 0) is 55.5 Å². The molecule has 2 fully saturated rings. The summed E-state index contributed by atoms with van der Waals surface area (Å²) in [5.74, 6) is 0.569. The predicted molar refractivity (Wildman–Crippen MR) is 114 cm³/mol. The molecule has 2 aromatic rings. The lowest BCUT2D eigenvalue weighted by Crippen LogP contribution is -2.46. The van der Waals surface area contributed by atoms with Crippen molar-refractivity contribution in [3.8, 4) is 0 Å². The fourth-order valence-electron chi connectivity index (χ4n) is 4.81. The first kappa shape index (κ1) is 20.2. The van der Waals surface area contributed by atoms with Crippen molar-refractivity contribution in [1.29, 1.82) is 0 Å². The van der Waals surface area contributed by atoms with E-state index < -0.39 is 0 Å². The van der Waals surface area contributed by atoms with Gasteiger partial charge in [0.25, 0.3) is 0 Å². The maximum Gasteiger partial charge on any atom is 0.226 e. The van der Waals surface area contributed by atoms with Gasteiger partial charge in [-0.25, -0.2) is 0 Å². The summed E-state index contributed by atoms with van der Waals surface area (Å²) < 4.78 is 0. The number of nitrogens with one attached hydrogen (secondary N) is 1. The Hall–Kier alpha value is -1.58. The molecule has 2 aliphatic rings. The van der Waals surface area contributed by atoms with E-state index in [1.807, 2.05) is 0 Å². The number of amides is 1. The van der Waals surface area contributed by atoms with Gasteiger partial charge in [0.2, 0.25) is 5.91 Å². The third-order valence-electron chi connectivity index (χ3n) is 6.24. The first-order valence-electron chi connectivity index (χ1n) is 10.2. The third kappa shape index (κ3) is 4.47. The summed E-state index contributed by atoms with van der Waals surface area (Å²) in [6.07, 6.45) is 6.78. The Labute approximate surface area is 168 Å². The van der Waals surface area contributed by atoms with E-state index in [0.29, 0.717) is 18.0 Å². The molecule has 0 unspecified atom stereocenters. The van der Waals surface area contributed by atoms with Gasteiger partial charge in [-0.1, -0.05) is 55.3 Å². The monoisotopic (exact) mass is 386 g/mol. The van der Waals surface area contributed by atoms with E-state index in [2.05, 4.69) is 59.6 Å². The molecule has 3 nitrogen and oxygen atoms in total. The van der Waals surface area contributed by atoms with Crippen LogP contribution in [0.4, 0.5) is 0 Å². The zero-order chi connectivity index (χ0) is 17.9. The maximum absolute atomic E-state index is 13.5. The molecule has 0 radical (unpaired) electrons. The standard InChI is InChI=1S/C23H30N2O.ClH/c1-17-15-19(13-14-24-17)23(26)25(21-10-3-4-11-21)16-20-9-6-8-18-7-2-5-12-22(18)20;/h2,5-9,12,17,19,21,24H,3-4,10-11,13-16H2,1H3;1H/t17-,19-;/m0./s1. The molecule has 2 atom stereocenters. The van der Waals surface area contributed by atoms with Crippen molar-refractivity contribution in [2.75, 3.05) is 6.54 Å². The number of hydrogen-bond donors (Lipinski definition) is 1. The van der Waals surface area contributed by atoms with E-state index >= 15 is 0 Å². The quantitative estimate of drug-likeness (QED) is 0.808. The molecule has 146 valence electrons. The van der Waals surface area contributed by atoms with E-state index in [-0.39, 0.29) is 18.3 Å². The van der Waals surface area contributed by atoms with Crippen molar-refractivity contribution in [3.05, 3.63) is 48.0 Å². The number of carbonyl (C=O) groups is 1. The zero-order valence-electron chi connectivity index (χ0n) is 16.2. The SMILES string of the molecule is C[C@H]1C[C@@H](C(=O)N(Cc2cccc3ccccc23)C2CCCC2)CCN1.Cl. The first-order valence-corrected chi connectivity index (χ1v) is 10.2. The number of nitrogens with zero attached hydrogens (tertiary/aromatic N) is 1. The second-order valence-electron chi connectivity index (χ2n) is 8.12. The molecule has 1 saturated carbocycles. The Bertz CT molecular complexity index is 767. The molecule has 4 rings (SSSR count). The number of benzene rings is 2. The van der Waals surface area contributed by atoms with Gasteiger partial charge < -0.3 is 10.2 Å². The molecule has 2 aromatic carbocycles. The first-order chi connectivity index (χ1) is 12.7. The number of hydrogen-bond acceptors (Lipinski definition) is 2. The Morgan fingerprint density at radius 1 is 1.07 bits per heavy atom. The summed E-state index contributed by atoms with van der Waals surface area (Å²) in [6.45, 7) is 3.91. The molecule has 0 spiro atoms. The van der Waals surface area contributed by atoms with Crippen LogP contribution in [0.3, 0.4) is 0 Å². The van der Waals surface area contributed by atoms with Crippen LogP contribution >= 0.6 is 12.4 Å². The summed E-state index contributed by atoms with van der Waals surface area (Å²) >= 11 is 0. The van der Waals surface area contributed by atoms with E-state index in [4.69, 9.17) is 0 Å². The van der Waals surface area contributed by atoms with Crippen molar-refractivity contribution >= 4 is 29.1 Å². The summed E-state index contributed by atoms with van der Waals surface area (Å²) in [6, 6.07) is 15.9. The molecular weight excluding hydrogens is 356 g/mol. The van der Waals surface area contributed by atoms with E-state index in [1.165, 1.54) is 29.2 Å². The highest BCUT2D eigenvalue weighted by Gasteiger charge is 2.33. The van der Waals surface area contributed by atoms with Crippen LogP contribution in [0, 0.1) is 5.92 Å². The van der Waals surface area contributed by atoms with Crippen LogP contribution in [-0.4, -0.2) is 29.4 Å². The van der Waals surface area contributed by atoms with Crippen molar-refractivity contribution in [1.82, 2.24) is 10.2 Å². The van der Waals surface area contributed by atoms with Crippen LogP contribution in [0.2, 0.25) is 0 Å². The Morgan fingerprint density at radius 2 is 1.81 bits per heavy atom. The smallest absolute Gasteiger partial charge is 0.226 e. The van der Waals surface area contributed by atoms with Gasteiger partial charge in [-0.15, -0.1) is 12.4 Å². The predicted octanol–water partition coefficient (Wildman–Crippen LogP) is 4.92. The zero-order valence-corrected chi connectivity index (χ0v) is 17.0. The maximum atomic E-state index is 13.5. The van der Waals surface area contributed by atoms with Crippen molar-refractivity contribution in [2.24, 2.45) is 5.92 Å². The van der Waals surface area contributed by atoms with Crippen LogP contribution in [0.1, 0.15) is 51.0 Å². The molecule has 0 aromatic heterocycles. The third-order valence-corrected chi connectivity index (χ3v) is 6.24. The fraction of sp³-hybridized carbons (Fsp3) is 0.522. The highest BCUT2D eigenvalue weighted by Crippen LogP contribution is 2.30. The average Bonchev–Trinajstić information content (AvgIpc) is 3.20. The van der Waals surface area contributed by atoms with E-state index in [9.17, 15) is 4.79 Å². The Kier molecular flexibility index (Phi) is 6.78. The van der Waals surface area contributed by atoms with E-state index in [1.54, 1.807) is 0 Å². The van der Waals surface area contributed by atoms with Gasteiger partial charge in [0.15, 0.2) is 0 Å². The van der Waals surface area contributed by atoms with Gasteiger partial charge in [0, 0.05) is 24.5 Å². The van der Waals surface area contributed by atoms with E-state index in [0.717, 1.165) is 38.8 Å². The van der Waals surface area contributed by atoms with Gasteiger partial charge in [0.1, 0.15) is 0 Å². The highest BCUT2D eigenvalue weighted by atomic mass is 35.5. The van der Waals surface area contributed by atoms with Crippen molar-refractivity contribution < 1.29 is 4.79 Å². The van der Waals surface area contributed by atoms with Crippen LogP contribution in [0.5, 0.6) is 0 Å². The molecule has 1 aliphatic carbocycles. The number of halogens is 1. The number of carbonyl (C=O) groups excluding carboxylic acids is 1. The Morgan fingerprint density at radius 3 is 2.59 bits per heavy atom. The second-order valence-corrected chi connectivity index (χ2v) is 8.12. The summed E-state index contributed by atoms with van der Waals surface area (Å²) in [5.41, 5.74) is 1.28. The van der Waals surface area contributed by atoms with Crippen molar-refractivity contribution in [2.45, 2.75) is 64.1 Å². The molecule has 4 heteroatoms. The lowest BCUT2D eigenvalue weighted by Gasteiger charge is -2.35. The molecule has 0 bridgehead atoms. The molecule has 27 heavy (non-hydrogen) atoms. The average molecular weight is 387 g/mol. The fourth-order valence-corrected chi connectivity index (χ4v) is 4.81. The second kappa shape index (κ2) is 9.07. The largest absolute Gasteiger partial charge is 0.335 e. The van der Waals surface area contributed by atoms with Gasteiger partial charge >= 0.3 is 0 Å². The van der Waals surface area contributed by atoms with Crippen LogP contribution in [0.25, 0.3) is 10.8 Å². The highest BCUT2D eigenvalue weighted by molar-refractivity contribution is 5.86. The molecule has 1 amide bonds. The minimum atomic E-state index is 0. The topological polar surface area (TPSA) is 32.3 Å².